The molecule has 0 saturated carbocycles. The number of hydrogen-bond donors (Lipinski definition) is 0. The summed E-state index contributed by atoms with van der Waals surface area (Å²) in [4.78, 5) is 25.1. The summed E-state index contributed by atoms with van der Waals surface area (Å²) in [6.45, 7) is 29.5. The van der Waals surface area contributed by atoms with Gasteiger partial charge in [-0.2, -0.15) is 0 Å². The summed E-state index contributed by atoms with van der Waals surface area (Å²) in [5.41, 5.74) is 3.91. The molecule has 0 unspecified atom stereocenters. The van der Waals surface area contributed by atoms with E-state index in [9.17, 15) is 9.59 Å². The number of benzene rings is 1. The highest BCUT2D eigenvalue weighted by Gasteiger charge is 2.02. The van der Waals surface area contributed by atoms with Crippen LogP contribution in [-0.2, 0) is 16.0 Å². The number of pyridine rings is 1. The summed E-state index contributed by atoms with van der Waals surface area (Å²) in [7, 11) is 0. The molecule has 0 fully saturated rings. The summed E-state index contributed by atoms with van der Waals surface area (Å²) in [5, 5.41) is 2.21. The fourth-order valence-electron chi connectivity index (χ4n) is 2.68. The van der Waals surface area contributed by atoms with E-state index in [0.717, 1.165) is 29.0 Å². The van der Waals surface area contributed by atoms with E-state index in [0.29, 0.717) is 6.42 Å². The quantitative estimate of drug-likeness (QED) is 0.260. The Morgan fingerprint density at radius 3 is 1.62 bits per heavy atom. The Labute approximate surface area is 242 Å². The van der Waals surface area contributed by atoms with Gasteiger partial charge in [-0.25, -0.2) is 0 Å². The number of nitrogens with zero attached hydrogens (tertiary/aromatic N) is 1. The van der Waals surface area contributed by atoms with Crippen LogP contribution in [0.15, 0.2) is 49.2 Å². The van der Waals surface area contributed by atoms with Crippen molar-refractivity contribution in [1.29, 1.82) is 0 Å². The van der Waals surface area contributed by atoms with Crippen LogP contribution in [0, 0.1) is 13.8 Å². The minimum atomic E-state index is -0.0338. The Morgan fingerprint density at radius 2 is 1.33 bits per heavy atom. The molecule has 1 aromatic carbocycles. The summed E-state index contributed by atoms with van der Waals surface area (Å²) in [6.07, 6.45) is 13.5. The van der Waals surface area contributed by atoms with Gasteiger partial charge in [-0.1, -0.05) is 110 Å². The molecule has 3 heteroatoms. The molecule has 0 radical (unpaired) electrons. The van der Waals surface area contributed by atoms with E-state index in [1.165, 1.54) is 43.7 Å². The topological polar surface area (TPSA) is 47.0 Å². The van der Waals surface area contributed by atoms with Gasteiger partial charge in [0.25, 0.3) is 0 Å². The number of rotatable bonds is 7. The second kappa shape index (κ2) is 33.2. The molecule has 39 heavy (non-hydrogen) atoms. The van der Waals surface area contributed by atoms with Crippen molar-refractivity contribution in [1.82, 2.24) is 4.98 Å². The normalized spacial score (nSPS) is 9.26. The maximum Gasteiger partial charge on any atom is 0.140 e. The number of unbranched alkanes of at least 4 members (excludes halogenated alkanes) is 2. The number of ketones is 2. The largest absolute Gasteiger partial charge is 0.300 e. The van der Waals surface area contributed by atoms with Crippen molar-refractivity contribution >= 4 is 24.2 Å². The van der Waals surface area contributed by atoms with Gasteiger partial charge in [-0.15, -0.1) is 6.58 Å². The highest BCUT2D eigenvalue weighted by atomic mass is 16.1. The Morgan fingerprint density at radius 1 is 0.846 bits per heavy atom. The van der Waals surface area contributed by atoms with Crippen LogP contribution in [0.3, 0.4) is 0 Å². The molecule has 1 aromatic heterocycles. The first-order chi connectivity index (χ1) is 18.5. The van der Waals surface area contributed by atoms with Gasteiger partial charge in [-0.05, 0) is 75.1 Å². The molecule has 0 saturated heterocycles. The number of aromatic nitrogens is 1. The fraction of sp³-hybridized carbons (Fsp3) is 0.528. The third-order valence-electron chi connectivity index (χ3n) is 5.19. The molecule has 222 valence electrons. The van der Waals surface area contributed by atoms with Crippen molar-refractivity contribution in [2.75, 3.05) is 0 Å². The van der Waals surface area contributed by atoms with E-state index in [1.54, 1.807) is 12.3 Å². The Balaban J connectivity index is -0.000000199. The van der Waals surface area contributed by atoms with Crippen LogP contribution in [-0.4, -0.2) is 16.6 Å². The highest BCUT2D eigenvalue weighted by Crippen LogP contribution is 2.06. The first-order valence-electron chi connectivity index (χ1n) is 14.7. The smallest absolute Gasteiger partial charge is 0.140 e. The zero-order valence-electron chi connectivity index (χ0n) is 27.5. The van der Waals surface area contributed by atoms with E-state index in [-0.39, 0.29) is 18.0 Å². The molecular weight excluding hydrogens is 478 g/mol. The van der Waals surface area contributed by atoms with Crippen LogP contribution in [0.4, 0.5) is 0 Å². The van der Waals surface area contributed by atoms with Crippen molar-refractivity contribution in [2.24, 2.45) is 0 Å². The minimum Gasteiger partial charge on any atom is -0.300 e. The van der Waals surface area contributed by atoms with Crippen molar-refractivity contribution in [3.8, 4) is 0 Å². The van der Waals surface area contributed by atoms with Crippen LogP contribution >= 0.6 is 0 Å². The zero-order valence-corrected chi connectivity index (χ0v) is 27.5. The lowest BCUT2D eigenvalue weighted by Gasteiger charge is -1.98. The Hall–Kier alpha value is -2.81. The molecule has 1 heterocycles. The van der Waals surface area contributed by atoms with Crippen molar-refractivity contribution in [3.63, 3.8) is 0 Å². The number of carbonyl (C=O) groups excluding carboxylic acids is 2. The van der Waals surface area contributed by atoms with Gasteiger partial charge in [-0.3, -0.25) is 14.6 Å². The van der Waals surface area contributed by atoms with Crippen molar-refractivity contribution < 1.29 is 9.59 Å². The van der Waals surface area contributed by atoms with E-state index in [1.807, 2.05) is 39.8 Å². The molecule has 2 aromatic rings. The van der Waals surface area contributed by atoms with Gasteiger partial charge < -0.3 is 0 Å². The Bertz CT molecular complexity index is 952. The standard InChI is InChI=1S/C9H11N.C9H12.C7H12O2.2C4H10.C3H6/c1-4-9-7(2)5-6-10-8(9)3;1-3-9-7-5-4-6-8(9)2;1-3-4-7(9)5-6(2)8;2*1-3-4-2;1-3-2/h4-6H,2H2,1,3H3;4-7H,3H2,1-2H3;3-5H2,1-2H3;2*3-4H2,1-2H3;3H,1H2,2H3/b9-4+;;;;;. The molecular formula is C36H61NO2. The molecule has 0 atom stereocenters. The third kappa shape index (κ3) is 31.3. The van der Waals surface area contributed by atoms with Crippen LogP contribution in [0.1, 0.15) is 124 Å². The Kier molecular flexibility index (Phi) is 36.8. The number of carbonyl (C=O) groups is 2. The maximum absolute atomic E-state index is 10.6. The van der Waals surface area contributed by atoms with Crippen molar-refractivity contribution in [3.05, 3.63) is 76.4 Å². The molecule has 3 nitrogen and oxygen atoms in total. The summed E-state index contributed by atoms with van der Waals surface area (Å²) in [6, 6.07) is 10.4. The van der Waals surface area contributed by atoms with Gasteiger partial charge in [0.2, 0.25) is 0 Å². The SMILES string of the molecule is C=CC.C=c1ccnc(C)/c1=C/C.CCCC.CCCC.CCCC(=O)CC(C)=O.CCc1ccccc1C. The van der Waals surface area contributed by atoms with E-state index < -0.39 is 0 Å². The fourth-order valence-corrected chi connectivity index (χ4v) is 2.68. The van der Waals surface area contributed by atoms with Gasteiger partial charge in [0.1, 0.15) is 11.6 Å². The van der Waals surface area contributed by atoms with E-state index >= 15 is 0 Å². The monoisotopic (exact) mass is 539 g/mol. The summed E-state index contributed by atoms with van der Waals surface area (Å²) < 4.78 is 0. The number of aryl methyl sites for hydroxylation is 3. The molecule has 0 aliphatic carbocycles. The molecule has 0 amide bonds. The molecule has 2 rings (SSSR count). The number of hydrogen-bond acceptors (Lipinski definition) is 3. The second-order valence-corrected chi connectivity index (χ2v) is 9.11. The van der Waals surface area contributed by atoms with Crippen LogP contribution in [0.2, 0.25) is 0 Å². The van der Waals surface area contributed by atoms with E-state index in [2.05, 4.69) is 83.9 Å². The predicted molar refractivity (Wildman–Crippen MR) is 177 cm³/mol. The maximum atomic E-state index is 10.6. The third-order valence-corrected chi connectivity index (χ3v) is 5.19. The van der Waals surface area contributed by atoms with Crippen molar-refractivity contribution in [2.45, 2.75) is 128 Å². The first kappa shape index (κ1) is 43.2. The van der Waals surface area contributed by atoms with Gasteiger partial charge in [0.05, 0.1) is 6.42 Å². The zero-order chi connectivity index (χ0) is 31.1. The highest BCUT2D eigenvalue weighted by molar-refractivity contribution is 5.97. The lowest BCUT2D eigenvalue weighted by Crippen LogP contribution is -2.26. The molecule has 0 aliphatic rings. The van der Waals surface area contributed by atoms with Gasteiger partial charge in [0.15, 0.2) is 0 Å². The van der Waals surface area contributed by atoms with Gasteiger partial charge >= 0.3 is 0 Å². The van der Waals surface area contributed by atoms with Gasteiger partial charge in [0, 0.05) is 18.3 Å². The summed E-state index contributed by atoms with van der Waals surface area (Å²) in [5.74, 6) is 0.0263. The van der Waals surface area contributed by atoms with Crippen LogP contribution in [0.5, 0.6) is 0 Å². The lowest BCUT2D eigenvalue weighted by atomic mass is 10.1. The average Bonchev–Trinajstić information content (AvgIpc) is 2.90. The molecule has 0 bridgehead atoms. The van der Waals surface area contributed by atoms with Crippen LogP contribution in [0.25, 0.3) is 12.7 Å². The molecule has 0 aliphatic heterocycles. The van der Waals surface area contributed by atoms with E-state index in [4.69, 9.17) is 0 Å². The molecule has 0 spiro atoms. The number of allylic oxidation sites excluding steroid dienone is 1. The average molecular weight is 540 g/mol. The first-order valence-corrected chi connectivity index (χ1v) is 14.7. The second-order valence-electron chi connectivity index (χ2n) is 9.11. The predicted octanol–water partition coefficient (Wildman–Crippen LogP) is 9.30. The summed E-state index contributed by atoms with van der Waals surface area (Å²) >= 11 is 0. The minimum absolute atomic E-state index is 0.0338. The van der Waals surface area contributed by atoms with Crippen LogP contribution < -0.4 is 10.4 Å². The number of Topliss-reactive ketones (excluding diaryl/α,β-unsaturated/α-hetero) is 2. The molecule has 0 N–H and O–H groups in total. The lowest BCUT2D eigenvalue weighted by molar-refractivity contribution is -0.125.